The van der Waals surface area contributed by atoms with Gasteiger partial charge in [-0.1, -0.05) is 0 Å². The molecule has 0 aromatic heterocycles. The molecule has 1 atom stereocenters. The van der Waals surface area contributed by atoms with E-state index in [1.165, 1.54) is 23.1 Å². The van der Waals surface area contributed by atoms with Crippen molar-refractivity contribution >= 4 is 34.8 Å². The highest BCUT2D eigenvalue weighted by Gasteiger charge is 2.36. The molecule has 1 N–H and O–H groups in total. The van der Waals surface area contributed by atoms with E-state index in [9.17, 15) is 24.5 Å². The van der Waals surface area contributed by atoms with E-state index in [4.69, 9.17) is 9.47 Å². The lowest BCUT2D eigenvalue weighted by Crippen LogP contribution is -2.28. The molecule has 168 valence electrons. The first-order valence-electron chi connectivity index (χ1n) is 10.0. The average Bonchev–Trinajstić information content (AvgIpc) is 3.16. The number of nitro benzene ring substituents is 1. The Kier molecular flexibility index (Phi) is 7.04. The summed E-state index contributed by atoms with van der Waals surface area (Å²) in [7, 11) is 0. The third-order valence-corrected chi connectivity index (χ3v) is 4.96. The molecule has 32 heavy (non-hydrogen) atoms. The van der Waals surface area contributed by atoms with Gasteiger partial charge >= 0.3 is 5.97 Å². The molecule has 10 heteroatoms. The van der Waals surface area contributed by atoms with Crippen LogP contribution in [0.2, 0.25) is 0 Å². The lowest BCUT2D eigenvalue weighted by atomic mass is 10.1. The lowest BCUT2D eigenvalue weighted by Gasteiger charge is -2.17. The van der Waals surface area contributed by atoms with Gasteiger partial charge in [0.15, 0.2) is 6.61 Å². The molecule has 1 saturated heterocycles. The minimum atomic E-state index is -0.678. The fraction of sp³-hybridized carbons (Fsp3) is 0.318. The zero-order valence-electron chi connectivity index (χ0n) is 17.7. The number of hydrogen-bond acceptors (Lipinski definition) is 7. The maximum atomic E-state index is 12.4. The van der Waals surface area contributed by atoms with Gasteiger partial charge in [0.1, 0.15) is 5.75 Å². The van der Waals surface area contributed by atoms with Crippen molar-refractivity contribution in [3.8, 4) is 5.75 Å². The molecular formula is C22H23N3O7. The van der Waals surface area contributed by atoms with Gasteiger partial charge in [-0.3, -0.25) is 24.5 Å². The van der Waals surface area contributed by atoms with Crippen LogP contribution in [0.5, 0.6) is 5.75 Å². The van der Waals surface area contributed by atoms with Gasteiger partial charge in [0.25, 0.3) is 11.6 Å². The van der Waals surface area contributed by atoms with Gasteiger partial charge in [0, 0.05) is 36.5 Å². The molecular weight excluding hydrogens is 418 g/mol. The number of non-ortho nitro benzene ring substituents is 1. The van der Waals surface area contributed by atoms with E-state index in [0.29, 0.717) is 29.3 Å². The first-order chi connectivity index (χ1) is 15.3. The summed E-state index contributed by atoms with van der Waals surface area (Å²) in [6.45, 7) is 3.67. The fourth-order valence-electron chi connectivity index (χ4n) is 3.35. The number of esters is 1. The first-order valence-corrected chi connectivity index (χ1v) is 10.0. The van der Waals surface area contributed by atoms with Gasteiger partial charge in [-0.25, -0.2) is 0 Å². The molecule has 1 unspecified atom stereocenters. The Morgan fingerprint density at radius 2 is 1.94 bits per heavy atom. The van der Waals surface area contributed by atoms with E-state index >= 15 is 0 Å². The summed E-state index contributed by atoms with van der Waals surface area (Å²) in [5, 5.41) is 13.3. The van der Waals surface area contributed by atoms with Gasteiger partial charge in [-0.15, -0.1) is 0 Å². The van der Waals surface area contributed by atoms with E-state index in [1.807, 2.05) is 6.92 Å². The maximum Gasteiger partial charge on any atom is 0.311 e. The molecule has 0 saturated carbocycles. The highest BCUT2D eigenvalue weighted by Crippen LogP contribution is 2.27. The number of nitrogens with zero attached hydrogens (tertiary/aromatic N) is 2. The van der Waals surface area contributed by atoms with Crippen LogP contribution in [0.25, 0.3) is 0 Å². The van der Waals surface area contributed by atoms with Crippen LogP contribution < -0.4 is 15.0 Å². The zero-order chi connectivity index (χ0) is 23.3. The minimum absolute atomic E-state index is 0.00484. The molecule has 2 aromatic carbocycles. The number of hydrogen-bond donors (Lipinski definition) is 1. The number of nitro groups is 1. The van der Waals surface area contributed by atoms with Gasteiger partial charge in [0.2, 0.25) is 5.91 Å². The molecule has 3 rings (SSSR count). The molecule has 1 heterocycles. The summed E-state index contributed by atoms with van der Waals surface area (Å²) in [5.41, 5.74) is 1.45. The Morgan fingerprint density at radius 3 is 2.56 bits per heavy atom. The number of carbonyl (C=O) groups excluding carboxylic acids is 3. The Labute approximate surface area is 184 Å². The topological polar surface area (TPSA) is 128 Å². The first kappa shape index (κ1) is 22.7. The molecule has 2 amide bonds. The van der Waals surface area contributed by atoms with Crippen molar-refractivity contribution in [2.24, 2.45) is 5.92 Å². The van der Waals surface area contributed by atoms with Crippen LogP contribution in [0.15, 0.2) is 42.5 Å². The maximum absolute atomic E-state index is 12.4. The number of nitrogens with one attached hydrogen (secondary N) is 1. The largest absolute Gasteiger partial charge is 0.494 e. The van der Waals surface area contributed by atoms with Crippen molar-refractivity contribution in [1.82, 2.24) is 0 Å². The van der Waals surface area contributed by atoms with Crippen molar-refractivity contribution in [3.63, 3.8) is 0 Å². The number of anilines is 2. The van der Waals surface area contributed by atoms with Crippen molar-refractivity contribution in [3.05, 3.63) is 58.1 Å². The monoisotopic (exact) mass is 441 g/mol. The standard InChI is InChI=1S/C22H23N3O7/c1-3-31-18-7-4-16(5-8-18)24-12-15(11-21(24)27)22(28)32-13-20(26)23-19-9-6-17(25(29)30)10-14(19)2/h4-10,15H,3,11-13H2,1-2H3,(H,23,26). The van der Waals surface area contributed by atoms with E-state index < -0.39 is 29.3 Å². The molecule has 0 radical (unpaired) electrons. The second-order valence-corrected chi connectivity index (χ2v) is 7.24. The van der Waals surface area contributed by atoms with E-state index in [1.54, 1.807) is 31.2 Å². The molecule has 1 aliphatic rings. The highest BCUT2D eigenvalue weighted by atomic mass is 16.6. The van der Waals surface area contributed by atoms with Crippen LogP contribution in [-0.2, 0) is 19.1 Å². The minimum Gasteiger partial charge on any atom is -0.494 e. The van der Waals surface area contributed by atoms with E-state index in [2.05, 4.69) is 5.32 Å². The van der Waals surface area contributed by atoms with Crippen LogP contribution in [0.4, 0.5) is 17.1 Å². The second-order valence-electron chi connectivity index (χ2n) is 7.24. The van der Waals surface area contributed by atoms with Gasteiger partial charge < -0.3 is 19.7 Å². The number of amides is 2. The van der Waals surface area contributed by atoms with Crippen molar-refractivity contribution in [1.29, 1.82) is 0 Å². The summed E-state index contributed by atoms with van der Waals surface area (Å²) >= 11 is 0. The third-order valence-electron chi connectivity index (χ3n) is 4.96. The summed E-state index contributed by atoms with van der Waals surface area (Å²) < 4.78 is 10.5. The summed E-state index contributed by atoms with van der Waals surface area (Å²) in [4.78, 5) is 48.6. The number of benzene rings is 2. The normalized spacial score (nSPS) is 15.4. The Hall–Kier alpha value is -3.95. The fourth-order valence-corrected chi connectivity index (χ4v) is 3.35. The molecule has 1 fully saturated rings. The molecule has 10 nitrogen and oxygen atoms in total. The van der Waals surface area contributed by atoms with E-state index in [-0.39, 0.29) is 24.6 Å². The summed E-state index contributed by atoms with van der Waals surface area (Å²) in [6, 6.07) is 11.0. The number of rotatable bonds is 8. The Morgan fingerprint density at radius 1 is 1.22 bits per heavy atom. The number of aryl methyl sites for hydroxylation is 1. The second kappa shape index (κ2) is 9.90. The SMILES string of the molecule is CCOc1ccc(N2CC(C(=O)OCC(=O)Nc3ccc([N+](=O)[O-])cc3C)CC2=O)cc1. The lowest BCUT2D eigenvalue weighted by molar-refractivity contribution is -0.384. The van der Waals surface area contributed by atoms with E-state index in [0.717, 1.165) is 0 Å². The van der Waals surface area contributed by atoms with Crippen molar-refractivity contribution in [2.45, 2.75) is 20.3 Å². The molecule has 0 aliphatic carbocycles. The quantitative estimate of drug-likeness (QED) is 0.379. The average molecular weight is 441 g/mol. The van der Waals surface area contributed by atoms with Gasteiger partial charge in [0.05, 0.1) is 17.4 Å². The Balaban J connectivity index is 1.52. The van der Waals surface area contributed by atoms with Crippen molar-refractivity contribution < 1.29 is 28.8 Å². The summed E-state index contributed by atoms with van der Waals surface area (Å²) in [5.74, 6) is -1.41. The smallest absolute Gasteiger partial charge is 0.311 e. The third kappa shape index (κ3) is 5.39. The van der Waals surface area contributed by atoms with Crippen molar-refractivity contribution in [2.75, 3.05) is 30.0 Å². The summed E-state index contributed by atoms with van der Waals surface area (Å²) in [6.07, 6.45) is -0.00484. The molecule has 1 aliphatic heterocycles. The van der Waals surface area contributed by atoms with Gasteiger partial charge in [-0.05, 0) is 49.7 Å². The zero-order valence-corrected chi connectivity index (χ0v) is 17.7. The predicted molar refractivity (Wildman–Crippen MR) is 115 cm³/mol. The van der Waals surface area contributed by atoms with Gasteiger partial charge in [-0.2, -0.15) is 0 Å². The predicted octanol–water partition coefficient (Wildman–Crippen LogP) is 2.84. The van der Waals surface area contributed by atoms with Crippen LogP contribution in [0, 0.1) is 23.0 Å². The van der Waals surface area contributed by atoms with Crippen LogP contribution in [0.3, 0.4) is 0 Å². The Bertz CT molecular complexity index is 1040. The molecule has 0 bridgehead atoms. The van der Waals surface area contributed by atoms with Crippen LogP contribution in [-0.4, -0.2) is 42.5 Å². The van der Waals surface area contributed by atoms with Crippen LogP contribution >= 0.6 is 0 Å². The number of ether oxygens (including phenoxy) is 2. The molecule has 2 aromatic rings. The number of carbonyl (C=O) groups is 3. The van der Waals surface area contributed by atoms with Crippen LogP contribution in [0.1, 0.15) is 18.9 Å². The molecule has 0 spiro atoms. The highest BCUT2D eigenvalue weighted by molar-refractivity contribution is 6.00.